The third kappa shape index (κ3) is 3.34. The van der Waals surface area contributed by atoms with Gasteiger partial charge in [-0.25, -0.2) is 0 Å². The average molecular weight is 622 g/mol. The van der Waals surface area contributed by atoms with E-state index >= 15 is 0 Å². The predicted molar refractivity (Wildman–Crippen MR) is 163 cm³/mol. The minimum absolute atomic E-state index is 0.0146. The summed E-state index contributed by atoms with van der Waals surface area (Å²) in [7, 11) is 0. The van der Waals surface area contributed by atoms with Crippen molar-refractivity contribution in [1.29, 1.82) is 0 Å². The number of rotatable bonds is 2. The number of hydrogen-bond acceptors (Lipinski definition) is 2. The molecule has 0 saturated heterocycles. The summed E-state index contributed by atoms with van der Waals surface area (Å²) in [4.78, 5) is 26.6. The quantitative estimate of drug-likeness (QED) is 0.183. The van der Waals surface area contributed by atoms with Crippen molar-refractivity contribution in [2.45, 2.75) is 0 Å². The Kier molecular flexibility index (Phi) is 5.35. The van der Waals surface area contributed by atoms with Gasteiger partial charge in [0.25, 0.3) is 0 Å². The molecule has 182 valence electrons. The Morgan fingerprint density at radius 2 is 0.789 bits per heavy atom. The van der Waals surface area contributed by atoms with Gasteiger partial charge in [0.05, 0.1) is 22.1 Å². The van der Waals surface area contributed by atoms with E-state index in [-0.39, 0.29) is 10.9 Å². The smallest absolute Gasteiger partial charge is 0.197 e. The van der Waals surface area contributed by atoms with E-state index in [4.69, 9.17) is 0 Å². The van der Waals surface area contributed by atoms with E-state index < -0.39 is 0 Å². The zero-order valence-corrected chi connectivity index (χ0v) is 23.0. The van der Waals surface area contributed by atoms with Crippen LogP contribution in [0.1, 0.15) is 0 Å². The Morgan fingerprint density at radius 1 is 0.421 bits per heavy atom. The van der Waals surface area contributed by atoms with Gasteiger partial charge in [-0.15, -0.1) is 0 Å². The minimum Gasteiger partial charge on any atom is -0.308 e. The summed E-state index contributed by atoms with van der Waals surface area (Å²) in [6.07, 6.45) is 0. The highest BCUT2D eigenvalue weighted by molar-refractivity contribution is 9.11. The van der Waals surface area contributed by atoms with E-state index in [2.05, 4.69) is 65.3 Å². The largest absolute Gasteiger partial charge is 0.308 e. The van der Waals surface area contributed by atoms with Gasteiger partial charge in [-0.2, -0.15) is 0 Å². The summed E-state index contributed by atoms with van der Waals surface area (Å²) in [5.74, 6) is 0. The summed E-state index contributed by atoms with van der Waals surface area (Å²) < 4.78 is 5.95. The monoisotopic (exact) mass is 620 g/mol. The second kappa shape index (κ2) is 8.79. The highest BCUT2D eigenvalue weighted by Gasteiger charge is 2.16. The number of aromatic nitrogens is 2. The van der Waals surface area contributed by atoms with Crippen LogP contribution in [-0.4, -0.2) is 9.13 Å². The van der Waals surface area contributed by atoms with Crippen LogP contribution in [-0.2, 0) is 0 Å². The predicted octanol–water partition coefficient (Wildman–Crippen LogP) is 8.13. The molecule has 0 radical (unpaired) electrons. The van der Waals surface area contributed by atoms with Crippen LogP contribution in [0.2, 0.25) is 0 Å². The third-order valence-electron chi connectivity index (χ3n) is 7.06. The number of hydrogen-bond donors (Lipinski definition) is 0. The number of fused-ring (bicyclic) bond motifs is 4. The van der Waals surface area contributed by atoms with Crippen molar-refractivity contribution in [2.24, 2.45) is 0 Å². The molecule has 0 aliphatic heterocycles. The molecule has 2 heterocycles. The molecule has 0 aliphatic carbocycles. The molecule has 0 aliphatic rings. The number of halogens is 2. The van der Waals surface area contributed by atoms with Crippen LogP contribution in [0.4, 0.5) is 0 Å². The second-order valence-electron chi connectivity index (χ2n) is 9.15. The topological polar surface area (TPSA) is 44.0 Å². The Labute approximate surface area is 233 Å². The molecule has 0 amide bonds. The maximum Gasteiger partial charge on any atom is 0.197 e. The van der Waals surface area contributed by atoms with Crippen molar-refractivity contribution in [3.05, 3.63) is 139 Å². The first kappa shape index (κ1) is 23.1. The molecule has 7 aromatic rings. The normalized spacial score (nSPS) is 11.6. The van der Waals surface area contributed by atoms with Gasteiger partial charge in [0, 0.05) is 41.9 Å². The summed E-state index contributed by atoms with van der Waals surface area (Å²) in [6, 6.07) is 35.0. The Hall–Kier alpha value is -4.00. The molecule has 5 aromatic carbocycles. The van der Waals surface area contributed by atoms with E-state index in [0.717, 1.165) is 42.4 Å². The maximum absolute atomic E-state index is 13.3. The van der Waals surface area contributed by atoms with Gasteiger partial charge in [-0.1, -0.05) is 36.4 Å². The molecule has 38 heavy (non-hydrogen) atoms. The molecule has 4 nitrogen and oxygen atoms in total. The fourth-order valence-electron chi connectivity index (χ4n) is 5.39. The standard InChI is InChI=1S/C32H18Br2N2O2/c33-25-11-5-9-23-29(25)35(27-13-3-1-7-21(27)31(23)37)19-15-17-20(18-16-19)36-28-14-4-2-8-22(28)32(38)24-10-6-12-26(34)30(24)36/h1-18H. The van der Waals surface area contributed by atoms with Crippen molar-refractivity contribution < 1.29 is 0 Å². The van der Waals surface area contributed by atoms with Gasteiger partial charge in [0.2, 0.25) is 0 Å². The molecule has 0 N–H and O–H groups in total. The third-order valence-corrected chi connectivity index (χ3v) is 8.34. The number of nitrogens with zero attached hydrogens (tertiary/aromatic N) is 2. The van der Waals surface area contributed by atoms with Crippen molar-refractivity contribution in [2.75, 3.05) is 0 Å². The lowest BCUT2D eigenvalue weighted by Gasteiger charge is -2.19. The maximum atomic E-state index is 13.3. The van der Waals surface area contributed by atoms with Crippen LogP contribution in [0, 0.1) is 0 Å². The van der Waals surface area contributed by atoms with Crippen molar-refractivity contribution in [3.8, 4) is 11.4 Å². The Balaban J connectivity index is 1.55. The minimum atomic E-state index is 0.0146. The molecule has 0 fully saturated rings. The van der Waals surface area contributed by atoms with E-state index in [1.807, 2.05) is 84.9 Å². The SMILES string of the molecule is O=c1c2ccccc2n(-c2ccc(-n3c4ccccc4c(=O)c4cccc(Br)c43)cc2)c2c(Br)cccc12. The van der Waals surface area contributed by atoms with Crippen molar-refractivity contribution in [3.63, 3.8) is 0 Å². The van der Waals surface area contributed by atoms with E-state index in [1.165, 1.54) is 0 Å². The van der Waals surface area contributed by atoms with Crippen molar-refractivity contribution in [1.82, 2.24) is 9.13 Å². The molecule has 0 bridgehead atoms. The summed E-state index contributed by atoms with van der Waals surface area (Å²) in [6.45, 7) is 0. The van der Waals surface area contributed by atoms with Gasteiger partial charge >= 0.3 is 0 Å². The summed E-state index contributed by atoms with van der Waals surface area (Å²) in [5.41, 5.74) is 5.21. The van der Waals surface area contributed by atoms with E-state index in [0.29, 0.717) is 21.5 Å². The zero-order valence-electron chi connectivity index (χ0n) is 19.9. The summed E-state index contributed by atoms with van der Waals surface area (Å²) >= 11 is 7.37. The zero-order chi connectivity index (χ0) is 26.0. The molecule has 0 spiro atoms. The fourth-order valence-corrected chi connectivity index (χ4v) is 6.48. The summed E-state index contributed by atoms with van der Waals surface area (Å²) in [5, 5.41) is 2.65. The number of pyridine rings is 2. The molecular weight excluding hydrogens is 604 g/mol. The van der Waals surface area contributed by atoms with Crippen LogP contribution >= 0.6 is 31.9 Å². The molecular formula is C32H18Br2N2O2. The molecule has 2 aromatic heterocycles. The van der Waals surface area contributed by atoms with Crippen LogP contribution in [0.15, 0.2) is 128 Å². The lowest BCUT2D eigenvalue weighted by Crippen LogP contribution is -2.12. The van der Waals surface area contributed by atoms with E-state index in [1.54, 1.807) is 0 Å². The number of para-hydroxylation sites is 4. The first-order valence-corrected chi connectivity index (χ1v) is 13.7. The van der Waals surface area contributed by atoms with Gasteiger partial charge in [0.1, 0.15) is 0 Å². The highest BCUT2D eigenvalue weighted by Crippen LogP contribution is 2.32. The number of benzene rings is 5. The lowest BCUT2D eigenvalue weighted by atomic mass is 10.1. The van der Waals surface area contributed by atoms with Gasteiger partial charge in [-0.3, -0.25) is 9.59 Å². The lowest BCUT2D eigenvalue weighted by molar-refractivity contribution is 1.12. The first-order valence-electron chi connectivity index (χ1n) is 12.1. The van der Waals surface area contributed by atoms with Gasteiger partial charge in [-0.05, 0) is 105 Å². The molecule has 0 unspecified atom stereocenters. The Morgan fingerprint density at radius 3 is 1.21 bits per heavy atom. The van der Waals surface area contributed by atoms with Crippen molar-refractivity contribution >= 4 is 75.5 Å². The molecule has 0 saturated carbocycles. The average Bonchev–Trinajstić information content (AvgIpc) is 2.95. The van der Waals surface area contributed by atoms with Gasteiger partial charge < -0.3 is 9.13 Å². The molecule has 7 rings (SSSR count). The second-order valence-corrected chi connectivity index (χ2v) is 10.9. The Bertz CT molecular complexity index is 2040. The fraction of sp³-hybridized carbons (Fsp3) is 0. The van der Waals surface area contributed by atoms with Crippen LogP contribution in [0.5, 0.6) is 0 Å². The first-order chi connectivity index (χ1) is 18.5. The van der Waals surface area contributed by atoms with E-state index in [9.17, 15) is 9.59 Å². The van der Waals surface area contributed by atoms with Crippen LogP contribution < -0.4 is 10.9 Å². The van der Waals surface area contributed by atoms with Crippen LogP contribution in [0.25, 0.3) is 55.0 Å². The molecule has 6 heteroatoms. The van der Waals surface area contributed by atoms with Gasteiger partial charge in [0.15, 0.2) is 10.9 Å². The highest BCUT2D eigenvalue weighted by atomic mass is 79.9. The molecule has 0 atom stereocenters. The van der Waals surface area contributed by atoms with Crippen LogP contribution in [0.3, 0.4) is 0 Å².